The van der Waals surface area contributed by atoms with Crippen LogP contribution in [0.4, 0.5) is 0 Å². The molecule has 6 heteroatoms. The zero-order chi connectivity index (χ0) is 9.97. The van der Waals surface area contributed by atoms with Crippen molar-refractivity contribution in [3.05, 3.63) is 10.6 Å². The SMILES string of the molecule is Cc1snnc1C(=O)N1CCSCC1. The molecule has 4 nitrogen and oxygen atoms in total. The van der Waals surface area contributed by atoms with Crippen LogP contribution in [-0.2, 0) is 0 Å². The largest absolute Gasteiger partial charge is 0.336 e. The average Bonchev–Trinajstić information content (AvgIpc) is 2.65. The fourth-order valence-electron chi connectivity index (χ4n) is 1.35. The van der Waals surface area contributed by atoms with Gasteiger partial charge in [-0.1, -0.05) is 4.49 Å². The van der Waals surface area contributed by atoms with Crippen molar-refractivity contribution in [3.8, 4) is 0 Å². The molecular weight excluding hydrogens is 218 g/mol. The highest BCUT2D eigenvalue weighted by atomic mass is 32.2. The lowest BCUT2D eigenvalue weighted by Gasteiger charge is -2.25. The molecule has 0 aromatic carbocycles. The Balaban J connectivity index is 2.11. The standard InChI is InChI=1S/C8H11N3OS2/c1-6-7(9-10-14-6)8(12)11-2-4-13-5-3-11/h2-5H2,1H3. The van der Waals surface area contributed by atoms with Crippen LogP contribution in [0.5, 0.6) is 0 Å². The summed E-state index contributed by atoms with van der Waals surface area (Å²) in [6.07, 6.45) is 0. The Kier molecular flexibility index (Phi) is 3.02. The Hall–Kier alpha value is -0.620. The minimum absolute atomic E-state index is 0.0385. The molecule has 2 rings (SSSR count). The van der Waals surface area contributed by atoms with Gasteiger partial charge in [0.2, 0.25) is 0 Å². The molecule has 76 valence electrons. The highest BCUT2D eigenvalue weighted by molar-refractivity contribution is 7.99. The molecule has 1 aliphatic rings. The number of aromatic nitrogens is 2. The maximum absolute atomic E-state index is 11.9. The minimum Gasteiger partial charge on any atom is -0.336 e. The van der Waals surface area contributed by atoms with E-state index in [2.05, 4.69) is 9.59 Å². The Labute approximate surface area is 90.8 Å². The zero-order valence-electron chi connectivity index (χ0n) is 7.89. The second kappa shape index (κ2) is 4.27. The van der Waals surface area contributed by atoms with Crippen LogP contribution in [0.1, 0.15) is 15.4 Å². The van der Waals surface area contributed by atoms with Crippen LogP contribution in [0.25, 0.3) is 0 Å². The Bertz CT molecular complexity index is 333. The van der Waals surface area contributed by atoms with Crippen molar-refractivity contribution in [2.24, 2.45) is 0 Å². The summed E-state index contributed by atoms with van der Waals surface area (Å²) in [5.74, 6) is 2.10. The van der Waals surface area contributed by atoms with Crippen LogP contribution in [0, 0.1) is 6.92 Å². The highest BCUT2D eigenvalue weighted by Gasteiger charge is 2.22. The molecule has 0 spiro atoms. The van der Waals surface area contributed by atoms with E-state index >= 15 is 0 Å². The number of carbonyl (C=O) groups is 1. The average molecular weight is 229 g/mol. The topological polar surface area (TPSA) is 46.1 Å². The number of carbonyl (C=O) groups excluding carboxylic acids is 1. The summed E-state index contributed by atoms with van der Waals surface area (Å²) in [4.78, 5) is 14.7. The third-order valence-corrected chi connectivity index (χ3v) is 3.73. The predicted octanol–water partition coefficient (Wildman–Crippen LogP) is 1.04. The fraction of sp³-hybridized carbons (Fsp3) is 0.625. The van der Waals surface area contributed by atoms with Crippen molar-refractivity contribution in [1.82, 2.24) is 14.5 Å². The summed E-state index contributed by atoms with van der Waals surface area (Å²) in [5.41, 5.74) is 0.530. The molecule has 0 radical (unpaired) electrons. The van der Waals surface area contributed by atoms with E-state index in [1.807, 2.05) is 23.6 Å². The summed E-state index contributed by atoms with van der Waals surface area (Å²) in [5, 5.41) is 3.86. The van der Waals surface area contributed by atoms with Gasteiger partial charge in [0.15, 0.2) is 5.69 Å². The van der Waals surface area contributed by atoms with E-state index in [0.717, 1.165) is 29.5 Å². The zero-order valence-corrected chi connectivity index (χ0v) is 9.53. The van der Waals surface area contributed by atoms with Gasteiger partial charge in [-0.3, -0.25) is 4.79 Å². The van der Waals surface area contributed by atoms with E-state index in [9.17, 15) is 4.79 Å². The van der Waals surface area contributed by atoms with Crippen molar-refractivity contribution in [1.29, 1.82) is 0 Å². The summed E-state index contributed by atoms with van der Waals surface area (Å²) in [7, 11) is 0. The third kappa shape index (κ3) is 1.90. The van der Waals surface area contributed by atoms with Crippen molar-refractivity contribution < 1.29 is 4.79 Å². The van der Waals surface area contributed by atoms with Crippen molar-refractivity contribution in [2.75, 3.05) is 24.6 Å². The van der Waals surface area contributed by atoms with Gasteiger partial charge in [-0.15, -0.1) is 5.10 Å². The molecule has 1 aromatic heterocycles. The van der Waals surface area contributed by atoms with Gasteiger partial charge in [-0.2, -0.15) is 11.8 Å². The second-order valence-corrected chi connectivity index (χ2v) is 5.27. The number of hydrogen-bond donors (Lipinski definition) is 0. The number of aryl methyl sites for hydroxylation is 1. The maximum atomic E-state index is 11.9. The molecule has 0 bridgehead atoms. The van der Waals surface area contributed by atoms with E-state index in [1.165, 1.54) is 11.5 Å². The van der Waals surface area contributed by atoms with E-state index in [-0.39, 0.29) is 5.91 Å². The molecule has 1 aliphatic heterocycles. The fourth-order valence-corrected chi connectivity index (χ4v) is 2.71. The van der Waals surface area contributed by atoms with Crippen LogP contribution in [0.3, 0.4) is 0 Å². The molecule has 1 saturated heterocycles. The van der Waals surface area contributed by atoms with Crippen molar-refractivity contribution >= 4 is 29.2 Å². The van der Waals surface area contributed by atoms with Crippen molar-refractivity contribution in [2.45, 2.75) is 6.92 Å². The van der Waals surface area contributed by atoms with Crippen LogP contribution < -0.4 is 0 Å². The molecule has 0 saturated carbocycles. The van der Waals surface area contributed by atoms with E-state index in [4.69, 9.17) is 0 Å². The number of amides is 1. The van der Waals surface area contributed by atoms with Crippen LogP contribution in [0.15, 0.2) is 0 Å². The second-order valence-electron chi connectivity index (χ2n) is 3.08. The minimum atomic E-state index is 0.0385. The number of rotatable bonds is 1. The first kappa shape index (κ1) is 9.92. The maximum Gasteiger partial charge on any atom is 0.275 e. The summed E-state index contributed by atoms with van der Waals surface area (Å²) < 4.78 is 3.78. The lowest BCUT2D eigenvalue weighted by atomic mass is 10.3. The van der Waals surface area contributed by atoms with Gasteiger partial charge in [0, 0.05) is 24.6 Å². The lowest BCUT2D eigenvalue weighted by Crippen LogP contribution is -2.38. The number of nitrogens with zero attached hydrogens (tertiary/aromatic N) is 3. The number of hydrogen-bond acceptors (Lipinski definition) is 5. The van der Waals surface area contributed by atoms with Gasteiger partial charge in [-0.25, -0.2) is 0 Å². The molecule has 2 heterocycles. The Morgan fingerprint density at radius 1 is 1.43 bits per heavy atom. The molecule has 0 atom stereocenters. The van der Waals surface area contributed by atoms with Gasteiger partial charge in [0.25, 0.3) is 5.91 Å². The molecule has 0 N–H and O–H groups in total. The third-order valence-electron chi connectivity index (χ3n) is 2.15. The normalized spacial score (nSPS) is 17.1. The van der Waals surface area contributed by atoms with Crippen LogP contribution in [-0.4, -0.2) is 45.0 Å². The molecule has 1 aromatic rings. The molecule has 1 fully saturated rings. The van der Waals surface area contributed by atoms with Gasteiger partial charge in [0.05, 0.1) is 4.88 Å². The number of thioether (sulfide) groups is 1. The smallest absolute Gasteiger partial charge is 0.275 e. The first-order chi connectivity index (χ1) is 6.79. The van der Waals surface area contributed by atoms with Gasteiger partial charge in [0.1, 0.15) is 0 Å². The quantitative estimate of drug-likeness (QED) is 0.721. The van der Waals surface area contributed by atoms with E-state index < -0.39 is 0 Å². The predicted molar refractivity (Wildman–Crippen MR) is 57.9 cm³/mol. The summed E-state index contributed by atoms with van der Waals surface area (Å²) >= 11 is 3.17. The van der Waals surface area contributed by atoms with Crippen LogP contribution >= 0.6 is 23.3 Å². The van der Waals surface area contributed by atoms with Crippen LogP contribution in [0.2, 0.25) is 0 Å². The molecule has 0 aliphatic carbocycles. The molecule has 0 unspecified atom stereocenters. The van der Waals surface area contributed by atoms with Gasteiger partial charge >= 0.3 is 0 Å². The van der Waals surface area contributed by atoms with Gasteiger partial charge < -0.3 is 4.90 Å². The summed E-state index contributed by atoms with van der Waals surface area (Å²) in [6.45, 7) is 3.55. The van der Waals surface area contributed by atoms with E-state index in [1.54, 1.807) is 0 Å². The highest BCUT2D eigenvalue weighted by Crippen LogP contribution is 2.15. The molecule has 1 amide bonds. The lowest BCUT2D eigenvalue weighted by molar-refractivity contribution is 0.0766. The first-order valence-electron chi connectivity index (χ1n) is 4.45. The van der Waals surface area contributed by atoms with E-state index in [0.29, 0.717) is 5.69 Å². The van der Waals surface area contributed by atoms with Gasteiger partial charge in [-0.05, 0) is 18.5 Å². The molecular formula is C8H11N3OS2. The summed E-state index contributed by atoms with van der Waals surface area (Å²) in [6, 6.07) is 0. The Morgan fingerprint density at radius 3 is 2.71 bits per heavy atom. The Morgan fingerprint density at radius 2 is 2.14 bits per heavy atom. The monoisotopic (exact) mass is 229 g/mol. The van der Waals surface area contributed by atoms with Crippen molar-refractivity contribution in [3.63, 3.8) is 0 Å². The first-order valence-corrected chi connectivity index (χ1v) is 6.38. The molecule has 14 heavy (non-hydrogen) atoms.